The van der Waals surface area contributed by atoms with Crippen LogP contribution in [0.5, 0.6) is 5.75 Å². The highest BCUT2D eigenvalue weighted by Crippen LogP contribution is 2.38. The number of para-hydroxylation sites is 1. The number of halogens is 2. The minimum Gasteiger partial charge on any atom is -0.482 e. The zero-order valence-electron chi connectivity index (χ0n) is 17.1. The third-order valence-corrected chi connectivity index (χ3v) is 7.00. The predicted molar refractivity (Wildman–Crippen MR) is 135 cm³/mol. The highest BCUT2D eigenvalue weighted by molar-refractivity contribution is 8.01. The normalized spacial score (nSPS) is 11.1. The summed E-state index contributed by atoms with van der Waals surface area (Å²) in [7, 11) is 0. The molecule has 3 aromatic carbocycles. The minimum absolute atomic E-state index is 0.0831. The largest absolute Gasteiger partial charge is 0.482 e. The molecule has 0 unspecified atom stereocenters. The standard InChI is InChI=1S/C22H14Cl2N4O4S2/c23-14-6-7-18(15(24)10-14)32-12-21(29)27-25-11-13-5-8-20(17(9-13)28(30)31)34-22-26-16-3-1-2-4-19(16)33-22/h1-11H,12H2,(H,27,29)/b25-11-. The Kier molecular flexibility index (Phi) is 7.63. The first kappa shape index (κ1) is 24.0. The van der Waals surface area contributed by atoms with Crippen LogP contribution in [-0.4, -0.2) is 28.6 Å². The summed E-state index contributed by atoms with van der Waals surface area (Å²) in [5.41, 5.74) is 3.51. The first-order chi connectivity index (χ1) is 16.4. The van der Waals surface area contributed by atoms with Crippen LogP contribution in [0, 0.1) is 10.1 Å². The molecule has 0 saturated carbocycles. The van der Waals surface area contributed by atoms with Crippen LogP contribution in [0.25, 0.3) is 10.2 Å². The van der Waals surface area contributed by atoms with Crippen molar-refractivity contribution in [1.82, 2.24) is 10.4 Å². The third-order valence-electron chi connectivity index (χ3n) is 4.31. The number of thiazole rings is 1. The van der Waals surface area contributed by atoms with Crippen LogP contribution in [0.15, 0.2) is 75.0 Å². The Hall–Kier alpha value is -3.18. The van der Waals surface area contributed by atoms with Crippen LogP contribution in [-0.2, 0) is 4.79 Å². The smallest absolute Gasteiger partial charge is 0.283 e. The van der Waals surface area contributed by atoms with E-state index in [1.807, 2.05) is 24.3 Å². The summed E-state index contributed by atoms with van der Waals surface area (Å²) < 4.78 is 7.04. The number of nitro groups is 1. The van der Waals surface area contributed by atoms with Gasteiger partial charge in [-0.05, 0) is 36.4 Å². The number of amides is 1. The Labute approximate surface area is 211 Å². The molecule has 0 radical (unpaired) electrons. The molecule has 0 aliphatic carbocycles. The Bertz CT molecular complexity index is 1380. The summed E-state index contributed by atoms with van der Waals surface area (Å²) in [5.74, 6) is -0.221. The molecular formula is C22H14Cl2N4O4S2. The van der Waals surface area contributed by atoms with Gasteiger partial charge in [0, 0.05) is 16.7 Å². The molecule has 1 amide bonds. The monoisotopic (exact) mass is 532 g/mol. The van der Waals surface area contributed by atoms with Crippen LogP contribution in [0.3, 0.4) is 0 Å². The van der Waals surface area contributed by atoms with Crippen molar-refractivity contribution in [3.8, 4) is 5.75 Å². The summed E-state index contributed by atoms with van der Waals surface area (Å²) in [6, 6.07) is 17.0. The van der Waals surface area contributed by atoms with E-state index in [1.165, 1.54) is 41.4 Å². The molecule has 0 saturated heterocycles. The van der Waals surface area contributed by atoms with E-state index in [0.717, 1.165) is 10.2 Å². The number of nitrogens with zero attached hydrogens (tertiary/aromatic N) is 3. The maximum Gasteiger partial charge on any atom is 0.283 e. The summed E-state index contributed by atoms with van der Waals surface area (Å²) >= 11 is 14.5. The van der Waals surface area contributed by atoms with Crippen molar-refractivity contribution < 1.29 is 14.5 Å². The Balaban J connectivity index is 1.39. The fourth-order valence-electron chi connectivity index (χ4n) is 2.78. The van der Waals surface area contributed by atoms with Crippen LogP contribution in [0.4, 0.5) is 5.69 Å². The molecular weight excluding hydrogens is 519 g/mol. The Morgan fingerprint density at radius 1 is 1.21 bits per heavy atom. The van der Waals surface area contributed by atoms with Crippen LogP contribution in [0.1, 0.15) is 5.56 Å². The van der Waals surface area contributed by atoms with Crippen molar-refractivity contribution in [1.29, 1.82) is 0 Å². The number of nitro benzene ring substituents is 1. The molecule has 12 heteroatoms. The molecule has 4 rings (SSSR count). The molecule has 0 bridgehead atoms. The molecule has 1 N–H and O–H groups in total. The van der Waals surface area contributed by atoms with E-state index in [-0.39, 0.29) is 17.3 Å². The SMILES string of the molecule is O=C(COc1ccc(Cl)cc1Cl)N/N=C\c1ccc(Sc2nc3ccccc3s2)c([N+](=O)[O-])c1. The van der Waals surface area contributed by atoms with E-state index in [4.69, 9.17) is 27.9 Å². The number of nitrogens with one attached hydrogen (secondary N) is 1. The number of hydrazone groups is 1. The average Bonchev–Trinajstić information content (AvgIpc) is 3.21. The van der Waals surface area contributed by atoms with Gasteiger partial charge in [0.1, 0.15) is 5.75 Å². The minimum atomic E-state index is -0.528. The number of ether oxygens (including phenoxy) is 1. The number of fused-ring (bicyclic) bond motifs is 1. The summed E-state index contributed by atoms with van der Waals surface area (Å²) in [5, 5.41) is 16.2. The first-order valence-electron chi connectivity index (χ1n) is 9.60. The predicted octanol–water partition coefficient (Wildman–Crippen LogP) is 6.19. The Morgan fingerprint density at radius 3 is 2.79 bits per heavy atom. The van der Waals surface area contributed by atoms with Gasteiger partial charge < -0.3 is 4.74 Å². The second-order valence-electron chi connectivity index (χ2n) is 6.69. The van der Waals surface area contributed by atoms with Gasteiger partial charge in [0.05, 0.1) is 31.3 Å². The molecule has 1 heterocycles. The third kappa shape index (κ3) is 6.03. The molecule has 34 heavy (non-hydrogen) atoms. The molecule has 172 valence electrons. The van der Waals surface area contributed by atoms with Gasteiger partial charge in [-0.3, -0.25) is 14.9 Å². The number of benzene rings is 3. The van der Waals surface area contributed by atoms with E-state index in [2.05, 4.69) is 15.5 Å². The van der Waals surface area contributed by atoms with Crippen LogP contribution in [0.2, 0.25) is 10.0 Å². The van der Waals surface area contributed by atoms with Gasteiger partial charge in [0.25, 0.3) is 11.6 Å². The molecule has 0 spiro atoms. The molecule has 4 aromatic rings. The number of rotatable bonds is 8. The lowest BCUT2D eigenvalue weighted by atomic mass is 10.2. The van der Waals surface area contributed by atoms with Gasteiger partial charge in [-0.2, -0.15) is 5.10 Å². The lowest BCUT2D eigenvalue weighted by Gasteiger charge is -2.07. The van der Waals surface area contributed by atoms with Crippen molar-refractivity contribution in [2.24, 2.45) is 5.10 Å². The van der Waals surface area contributed by atoms with Gasteiger partial charge in [0.15, 0.2) is 10.9 Å². The maximum absolute atomic E-state index is 12.0. The number of carbonyl (C=O) groups is 1. The van der Waals surface area contributed by atoms with Crippen molar-refractivity contribution in [3.63, 3.8) is 0 Å². The lowest BCUT2D eigenvalue weighted by molar-refractivity contribution is -0.387. The molecule has 0 aliphatic rings. The van der Waals surface area contributed by atoms with Crippen molar-refractivity contribution in [2.75, 3.05) is 6.61 Å². The zero-order chi connectivity index (χ0) is 24.1. The van der Waals surface area contributed by atoms with Crippen LogP contribution >= 0.6 is 46.3 Å². The van der Waals surface area contributed by atoms with Crippen molar-refractivity contribution in [2.45, 2.75) is 9.24 Å². The first-order valence-corrected chi connectivity index (χ1v) is 12.0. The van der Waals surface area contributed by atoms with Crippen LogP contribution < -0.4 is 10.2 Å². The van der Waals surface area contributed by atoms with Crippen molar-refractivity contribution >= 4 is 74.3 Å². The summed E-state index contributed by atoms with van der Waals surface area (Å²) in [4.78, 5) is 28.1. The van der Waals surface area contributed by atoms with Gasteiger partial charge in [-0.15, -0.1) is 11.3 Å². The molecule has 1 aromatic heterocycles. The lowest BCUT2D eigenvalue weighted by Crippen LogP contribution is -2.24. The van der Waals surface area contributed by atoms with Gasteiger partial charge in [0.2, 0.25) is 0 Å². The zero-order valence-corrected chi connectivity index (χ0v) is 20.2. The van der Waals surface area contributed by atoms with E-state index >= 15 is 0 Å². The summed E-state index contributed by atoms with van der Waals surface area (Å²) in [6.07, 6.45) is 1.31. The maximum atomic E-state index is 12.0. The molecule has 0 atom stereocenters. The number of aromatic nitrogens is 1. The highest BCUT2D eigenvalue weighted by atomic mass is 35.5. The Morgan fingerprint density at radius 2 is 2.03 bits per heavy atom. The van der Waals surface area contributed by atoms with Gasteiger partial charge in [-0.1, -0.05) is 53.2 Å². The molecule has 0 fully saturated rings. The van der Waals surface area contributed by atoms with Gasteiger partial charge in [-0.25, -0.2) is 10.4 Å². The second kappa shape index (κ2) is 10.8. The van der Waals surface area contributed by atoms with Gasteiger partial charge >= 0.3 is 0 Å². The number of hydrogen-bond acceptors (Lipinski definition) is 8. The molecule has 0 aliphatic heterocycles. The number of hydrogen-bond donors (Lipinski definition) is 1. The van der Waals surface area contributed by atoms with E-state index in [9.17, 15) is 14.9 Å². The van der Waals surface area contributed by atoms with E-state index in [0.29, 0.717) is 25.6 Å². The average molecular weight is 533 g/mol. The fraction of sp³-hybridized carbons (Fsp3) is 0.0455. The molecule has 8 nitrogen and oxygen atoms in total. The number of carbonyl (C=O) groups excluding carboxylic acids is 1. The quantitative estimate of drug-likeness (QED) is 0.164. The topological polar surface area (TPSA) is 107 Å². The van der Waals surface area contributed by atoms with E-state index in [1.54, 1.807) is 24.3 Å². The fourth-order valence-corrected chi connectivity index (χ4v) is 5.35. The van der Waals surface area contributed by atoms with E-state index < -0.39 is 10.8 Å². The second-order valence-corrected chi connectivity index (χ2v) is 9.85. The summed E-state index contributed by atoms with van der Waals surface area (Å²) in [6.45, 7) is -0.323. The highest BCUT2D eigenvalue weighted by Gasteiger charge is 2.17. The van der Waals surface area contributed by atoms with Crippen molar-refractivity contribution in [3.05, 3.63) is 86.4 Å².